The molecule has 1 heterocycles. The van der Waals surface area contributed by atoms with Gasteiger partial charge >= 0.3 is 7.60 Å². The van der Waals surface area contributed by atoms with Gasteiger partial charge in [-0.1, -0.05) is 0 Å². The van der Waals surface area contributed by atoms with E-state index >= 15 is 0 Å². The van der Waals surface area contributed by atoms with E-state index in [1.807, 2.05) is 20.9 Å². The summed E-state index contributed by atoms with van der Waals surface area (Å²) in [5, 5.41) is 0. The third-order valence-corrected chi connectivity index (χ3v) is 5.33. The van der Waals surface area contributed by atoms with Crippen molar-refractivity contribution in [2.24, 2.45) is 0 Å². The van der Waals surface area contributed by atoms with Gasteiger partial charge in [-0.3, -0.25) is 9.46 Å². The quantitative estimate of drug-likeness (QED) is 0.687. The zero-order chi connectivity index (χ0) is 11.3. The van der Waals surface area contributed by atoms with Crippen molar-refractivity contribution < 1.29 is 13.6 Å². The Kier molecular flexibility index (Phi) is 5.27. The molecule has 0 spiro atoms. The first kappa shape index (κ1) is 13.2. The fourth-order valence-electron chi connectivity index (χ4n) is 2.03. The molecular weight excluding hydrogens is 213 g/mol. The average molecular weight is 235 g/mol. The number of likely N-dealkylation sites (tertiary alicyclic amines) is 1. The van der Waals surface area contributed by atoms with Gasteiger partial charge in [0.1, 0.15) is 5.78 Å². The first-order valence-electron chi connectivity index (χ1n) is 5.73. The van der Waals surface area contributed by atoms with E-state index in [1.54, 1.807) is 0 Å². The fourth-order valence-corrected chi connectivity index (χ4v) is 4.26. The van der Waals surface area contributed by atoms with E-state index in [0.29, 0.717) is 13.2 Å². The van der Waals surface area contributed by atoms with Crippen LogP contribution in [0.2, 0.25) is 0 Å². The van der Waals surface area contributed by atoms with Gasteiger partial charge in [-0.15, -0.1) is 0 Å². The largest absolute Gasteiger partial charge is 0.347 e. The zero-order valence-electron chi connectivity index (χ0n) is 9.94. The van der Waals surface area contributed by atoms with Gasteiger partial charge in [0, 0.05) is 0 Å². The Morgan fingerprint density at radius 1 is 1.27 bits per heavy atom. The molecule has 15 heavy (non-hydrogen) atoms. The lowest BCUT2D eigenvalue weighted by molar-refractivity contribution is 0.157. The van der Waals surface area contributed by atoms with Crippen LogP contribution < -0.4 is 0 Å². The van der Waals surface area contributed by atoms with E-state index < -0.39 is 7.60 Å². The second-order valence-electron chi connectivity index (χ2n) is 3.83. The molecule has 0 amide bonds. The van der Waals surface area contributed by atoms with Crippen molar-refractivity contribution >= 4 is 7.60 Å². The van der Waals surface area contributed by atoms with Crippen LogP contribution in [0.4, 0.5) is 0 Å². The van der Waals surface area contributed by atoms with Crippen molar-refractivity contribution in [3.05, 3.63) is 0 Å². The molecule has 1 aliphatic rings. The van der Waals surface area contributed by atoms with Crippen molar-refractivity contribution in [2.75, 3.05) is 26.8 Å². The van der Waals surface area contributed by atoms with Crippen molar-refractivity contribution in [1.82, 2.24) is 4.90 Å². The minimum atomic E-state index is -2.92. The Hall–Kier alpha value is 0.110. The Morgan fingerprint density at radius 2 is 1.87 bits per heavy atom. The van der Waals surface area contributed by atoms with Crippen LogP contribution >= 0.6 is 7.60 Å². The van der Waals surface area contributed by atoms with Gasteiger partial charge in [0.15, 0.2) is 0 Å². The highest BCUT2D eigenvalue weighted by Gasteiger charge is 2.39. The molecule has 0 saturated carbocycles. The van der Waals surface area contributed by atoms with Crippen LogP contribution in [0.25, 0.3) is 0 Å². The highest BCUT2D eigenvalue weighted by Crippen LogP contribution is 2.56. The molecule has 0 radical (unpaired) electrons. The Balaban J connectivity index is 2.72. The van der Waals surface area contributed by atoms with Gasteiger partial charge < -0.3 is 9.05 Å². The summed E-state index contributed by atoms with van der Waals surface area (Å²) in [6.45, 7) is 5.58. The Labute approximate surface area is 92.5 Å². The van der Waals surface area contributed by atoms with E-state index in [2.05, 4.69) is 4.90 Å². The van der Waals surface area contributed by atoms with Crippen molar-refractivity contribution in [1.29, 1.82) is 0 Å². The average Bonchev–Trinajstić information content (AvgIpc) is 2.19. The lowest BCUT2D eigenvalue weighted by atomic mass is 10.1. The summed E-state index contributed by atoms with van der Waals surface area (Å²) >= 11 is 0. The third-order valence-electron chi connectivity index (χ3n) is 2.72. The molecule has 0 aliphatic carbocycles. The maximum Gasteiger partial charge on any atom is 0.347 e. The second-order valence-corrected chi connectivity index (χ2v) is 6.02. The SMILES string of the molecule is CCOP(=O)(OCC)C1CCCCN1C. The van der Waals surface area contributed by atoms with E-state index in [0.717, 1.165) is 19.4 Å². The van der Waals surface area contributed by atoms with Gasteiger partial charge in [0.2, 0.25) is 0 Å². The van der Waals surface area contributed by atoms with Gasteiger partial charge in [0.25, 0.3) is 0 Å². The van der Waals surface area contributed by atoms with Crippen molar-refractivity contribution in [3.8, 4) is 0 Å². The van der Waals surface area contributed by atoms with Gasteiger partial charge in [-0.25, -0.2) is 0 Å². The van der Waals surface area contributed by atoms with Gasteiger partial charge in [-0.05, 0) is 46.7 Å². The van der Waals surface area contributed by atoms with Crippen LogP contribution in [0.1, 0.15) is 33.1 Å². The summed E-state index contributed by atoms with van der Waals surface area (Å²) in [6, 6.07) is 0. The molecule has 0 bridgehead atoms. The number of nitrogens with zero attached hydrogens (tertiary/aromatic N) is 1. The van der Waals surface area contributed by atoms with Crippen LogP contribution in [0.3, 0.4) is 0 Å². The maximum atomic E-state index is 12.5. The minimum Gasteiger partial charge on any atom is -0.308 e. The lowest BCUT2D eigenvalue weighted by Gasteiger charge is -2.36. The molecule has 5 heteroatoms. The molecule has 90 valence electrons. The molecule has 1 fully saturated rings. The molecule has 0 N–H and O–H groups in total. The maximum absolute atomic E-state index is 12.5. The summed E-state index contributed by atoms with van der Waals surface area (Å²) in [4.78, 5) is 2.11. The molecule has 1 atom stereocenters. The van der Waals surface area contributed by atoms with Crippen LogP contribution in [-0.2, 0) is 13.6 Å². The second kappa shape index (κ2) is 6.00. The van der Waals surface area contributed by atoms with Gasteiger partial charge in [-0.2, -0.15) is 0 Å². The van der Waals surface area contributed by atoms with Crippen LogP contribution in [0.5, 0.6) is 0 Å². The number of hydrogen-bond acceptors (Lipinski definition) is 4. The van der Waals surface area contributed by atoms with Gasteiger partial charge in [0.05, 0.1) is 13.2 Å². The van der Waals surface area contributed by atoms with Crippen LogP contribution in [-0.4, -0.2) is 37.5 Å². The molecule has 1 rings (SSSR count). The molecular formula is C10H22NO3P. The van der Waals surface area contributed by atoms with Crippen molar-refractivity contribution in [2.45, 2.75) is 38.9 Å². The normalized spacial score (nSPS) is 24.3. The minimum absolute atomic E-state index is 0.0499. The Bertz CT molecular complexity index is 225. The summed E-state index contributed by atoms with van der Waals surface area (Å²) in [7, 11) is -0.930. The molecule has 0 aromatic heterocycles. The first-order valence-corrected chi connectivity index (χ1v) is 7.34. The fraction of sp³-hybridized carbons (Fsp3) is 1.00. The predicted molar refractivity (Wildman–Crippen MR) is 61.1 cm³/mol. The first-order chi connectivity index (χ1) is 7.14. The highest BCUT2D eigenvalue weighted by atomic mass is 31.2. The number of piperidine rings is 1. The van der Waals surface area contributed by atoms with Crippen molar-refractivity contribution in [3.63, 3.8) is 0 Å². The highest BCUT2D eigenvalue weighted by molar-refractivity contribution is 7.54. The van der Waals surface area contributed by atoms with E-state index in [9.17, 15) is 4.57 Å². The molecule has 1 saturated heterocycles. The van der Waals surface area contributed by atoms with Crippen LogP contribution in [0.15, 0.2) is 0 Å². The summed E-state index contributed by atoms with van der Waals surface area (Å²) in [5.74, 6) is -0.0499. The third kappa shape index (κ3) is 3.28. The molecule has 0 aromatic rings. The molecule has 1 aliphatic heterocycles. The molecule has 1 unspecified atom stereocenters. The van der Waals surface area contributed by atoms with Crippen LogP contribution in [0, 0.1) is 0 Å². The van der Waals surface area contributed by atoms with E-state index in [1.165, 1.54) is 6.42 Å². The Morgan fingerprint density at radius 3 is 2.33 bits per heavy atom. The summed E-state index contributed by atoms with van der Waals surface area (Å²) < 4.78 is 23.2. The monoisotopic (exact) mass is 235 g/mol. The summed E-state index contributed by atoms with van der Waals surface area (Å²) in [6.07, 6.45) is 3.19. The zero-order valence-corrected chi connectivity index (χ0v) is 10.8. The lowest BCUT2D eigenvalue weighted by Crippen LogP contribution is -2.37. The van der Waals surface area contributed by atoms with E-state index in [-0.39, 0.29) is 5.78 Å². The number of hydrogen-bond donors (Lipinski definition) is 0. The predicted octanol–water partition coefficient (Wildman–Crippen LogP) is 2.69. The number of rotatable bonds is 5. The standard InChI is InChI=1S/C10H22NO3P/c1-4-13-15(12,14-5-2)10-8-6-7-9-11(10)3/h10H,4-9H2,1-3H3. The topological polar surface area (TPSA) is 38.8 Å². The molecule has 4 nitrogen and oxygen atoms in total. The van der Waals surface area contributed by atoms with E-state index in [4.69, 9.17) is 9.05 Å². The molecule has 0 aromatic carbocycles. The smallest absolute Gasteiger partial charge is 0.308 e. The summed E-state index contributed by atoms with van der Waals surface area (Å²) in [5.41, 5.74) is 0.